The van der Waals surface area contributed by atoms with Crippen molar-refractivity contribution >= 4 is 61.1 Å². The molecule has 0 heterocycles. The standard InChI is InChI=1S/C25H27N3O8S2.O2S/c1-14-4-6-17(7-5-14)36-24-12-19(38(32,33)34)10-16-9-18(37(29,30)31)11-22(25(16)24)28-27-21-13-23(35-3)20(26)8-15(21)2;1-3-2/h4-13,29-34H,26H2,1-3H3;. The fraction of sp³-hybridized carbons (Fsp3) is 0.120. The molecular formula is C25H27N3O10S3. The Morgan fingerprint density at radius 2 is 1.29 bits per heavy atom. The first kappa shape index (κ1) is 31.9. The Hall–Kier alpha value is -3.58. The van der Waals surface area contributed by atoms with Gasteiger partial charge in [0.15, 0.2) is 0 Å². The second kappa shape index (κ2) is 12.9. The molecule has 0 saturated carbocycles. The highest BCUT2D eigenvalue weighted by molar-refractivity contribution is 8.19. The highest BCUT2D eigenvalue weighted by Crippen LogP contribution is 2.52. The minimum atomic E-state index is -4.21. The van der Waals surface area contributed by atoms with Crippen molar-refractivity contribution in [2.75, 3.05) is 12.8 Å². The number of azo groups is 1. The van der Waals surface area contributed by atoms with Gasteiger partial charge in [0, 0.05) is 12.1 Å². The quantitative estimate of drug-likeness (QED) is 0.0776. The third-order valence-electron chi connectivity index (χ3n) is 5.63. The molecule has 0 spiro atoms. The Bertz CT molecular complexity index is 1620. The van der Waals surface area contributed by atoms with Crippen molar-refractivity contribution in [2.24, 2.45) is 10.2 Å². The van der Waals surface area contributed by atoms with E-state index in [2.05, 4.69) is 10.2 Å². The summed E-state index contributed by atoms with van der Waals surface area (Å²) in [6.07, 6.45) is 0. The molecule has 0 bridgehead atoms. The lowest BCUT2D eigenvalue weighted by Gasteiger charge is -2.23. The van der Waals surface area contributed by atoms with Gasteiger partial charge in [-0.05, 0) is 61.2 Å². The highest BCUT2D eigenvalue weighted by Gasteiger charge is 2.24. The van der Waals surface area contributed by atoms with Gasteiger partial charge in [0.1, 0.15) is 39.0 Å². The number of fused-ring (bicyclic) bond motifs is 1. The predicted octanol–water partition coefficient (Wildman–Crippen LogP) is 7.75. The molecule has 41 heavy (non-hydrogen) atoms. The Kier molecular flexibility index (Phi) is 10.1. The van der Waals surface area contributed by atoms with Crippen LogP contribution in [0.25, 0.3) is 10.8 Å². The van der Waals surface area contributed by atoms with Crippen molar-refractivity contribution in [2.45, 2.75) is 23.6 Å². The number of ether oxygens (including phenoxy) is 2. The van der Waals surface area contributed by atoms with Crippen molar-refractivity contribution in [3.8, 4) is 17.2 Å². The normalized spacial score (nSPS) is 12.5. The first-order valence-corrected chi connectivity index (χ1v) is 15.0. The van der Waals surface area contributed by atoms with Gasteiger partial charge in [0.25, 0.3) is 0 Å². The van der Waals surface area contributed by atoms with E-state index in [1.165, 1.54) is 31.4 Å². The molecule has 0 unspecified atom stereocenters. The number of hydrogen-bond donors (Lipinski definition) is 7. The summed E-state index contributed by atoms with van der Waals surface area (Å²) in [6, 6.07) is 15.2. The fourth-order valence-electron chi connectivity index (χ4n) is 3.70. The monoisotopic (exact) mass is 625 g/mol. The van der Waals surface area contributed by atoms with E-state index >= 15 is 0 Å². The molecule has 0 radical (unpaired) electrons. The smallest absolute Gasteiger partial charge is 0.335 e. The summed E-state index contributed by atoms with van der Waals surface area (Å²) in [5, 5.41) is 9.03. The summed E-state index contributed by atoms with van der Waals surface area (Å²) in [5.41, 5.74) is 8.50. The lowest BCUT2D eigenvalue weighted by Crippen LogP contribution is -1.99. The first-order chi connectivity index (χ1) is 19.2. The number of benzene rings is 4. The maximum absolute atomic E-state index is 9.98. The summed E-state index contributed by atoms with van der Waals surface area (Å²) in [6.45, 7) is 3.68. The van der Waals surface area contributed by atoms with Gasteiger partial charge in [0.05, 0.1) is 39.3 Å². The Morgan fingerprint density at radius 3 is 1.83 bits per heavy atom. The van der Waals surface area contributed by atoms with E-state index in [1.807, 2.05) is 19.1 Å². The van der Waals surface area contributed by atoms with E-state index in [0.29, 0.717) is 28.4 Å². The second-order valence-electron chi connectivity index (χ2n) is 8.56. The van der Waals surface area contributed by atoms with E-state index in [4.69, 9.17) is 23.6 Å². The van der Waals surface area contributed by atoms with Gasteiger partial charge >= 0.3 is 11.6 Å². The number of methoxy groups -OCH3 is 1. The van der Waals surface area contributed by atoms with Crippen LogP contribution in [0.1, 0.15) is 11.1 Å². The molecule has 0 aromatic heterocycles. The van der Waals surface area contributed by atoms with Gasteiger partial charge in [-0.2, -0.15) is 13.5 Å². The minimum absolute atomic E-state index is 0.0600. The zero-order valence-corrected chi connectivity index (χ0v) is 24.2. The van der Waals surface area contributed by atoms with Crippen LogP contribution in [0.3, 0.4) is 0 Å². The SMILES string of the molecule is COc1cc(N=Nc2cc(S(O)(O)O)cc3cc(S(O)(O)O)cc(Oc4ccc(C)cc4)c23)c(C)cc1N.O=S=O. The van der Waals surface area contributed by atoms with Gasteiger partial charge in [-0.3, -0.25) is 0 Å². The molecule has 13 nitrogen and oxygen atoms in total. The van der Waals surface area contributed by atoms with Gasteiger partial charge in [-0.15, -0.1) is 5.11 Å². The maximum atomic E-state index is 9.98. The largest absolute Gasteiger partial charge is 0.495 e. The zero-order chi connectivity index (χ0) is 30.5. The molecule has 4 aromatic rings. The average molecular weight is 626 g/mol. The topological polar surface area (TPSA) is 225 Å². The molecule has 4 aromatic carbocycles. The van der Waals surface area contributed by atoms with Gasteiger partial charge in [-0.1, -0.05) is 17.7 Å². The van der Waals surface area contributed by atoms with Crippen molar-refractivity contribution in [1.82, 2.24) is 0 Å². The molecule has 4 rings (SSSR count). The van der Waals surface area contributed by atoms with E-state index in [-0.39, 0.29) is 32.0 Å². The Balaban J connectivity index is 0.00000147. The number of rotatable bonds is 7. The Labute approximate surface area is 241 Å². The van der Waals surface area contributed by atoms with E-state index in [0.717, 1.165) is 5.56 Å². The number of nitrogens with two attached hydrogens (primary N) is 1. The van der Waals surface area contributed by atoms with Gasteiger partial charge in [-0.25, -0.2) is 0 Å². The van der Waals surface area contributed by atoms with Crippen LogP contribution in [0, 0.1) is 13.8 Å². The molecule has 0 saturated heterocycles. The summed E-state index contributed by atoms with van der Waals surface area (Å²) < 4.78 is 87.7. The lowest BCUT2D eigenvalue weighted by atomic mass is 10.1. The predicted molar refractivity (Wildman–Crippen MR) is 158 cm³/mol. The van der Waals surface area contributed by atoms with Crippen LogP contribution in [0.5, 0.6) is 17.2 Å². The first-order valence-electron chi connectivity index (χ1n) is 11.3. The summed E-state index contributed by atoms with van der Waals surface area (Å²) in [4.78, 5) is -0.598. The van der Waals surface area contributed by atoms with E-state index < -0.39 is 33.3 Å². The summed E-state index contributed by atoms with van der Waals surface area (Å²) in [7, 11) is -6.94. The number of hydrogen-bond acceptors (Lipinski definition) is 13. The lowest BCUT2D eigenvalue weighted by molar-refractivity contribution is 0.374. The molecule has 0 fully saturated rings. The van der Waals surface area contributed by atoms with Gasteiger partial charge < -0.3 is 42.5 Å². The summed E-state index contributed by atoms with van der Waals surface area (Å²) >= 11 is -0.750. The van der Waals surface area contributed by atoms with Crippen LogP contribution < -0.4 is 15.2 Å². The van der Waals surface area contributed by atoms with Crippen molar-refractivity contribution in [1.29, 1.82) is 0 Å². The highest BCUT2D eigenvalue weighted by atomic mass is 32.3. The molecule has 8 N–H and O–H groups in total. The minimum Gasteiger partial charge on any atom is -0.495 e. The molecule has 0 aliphatic heterocycles. The molecule has 16 heteroatoms. The molecule has 0 aliphatic carbocycles. The molecule has 0 aliphatic rings. The molecule has 220 valence electrons. The molecule has 0 atom stereocenters. The van der Waals surface area contributed by atoms with E-state index in [1.54, 1.807) is 31.2 Å². The van der Waals surface area contributed by atoms with Crippen molar-refractivity contribution in [3.05, 3.63) is 71.8 Å². The van der Waals surface area contributed by atoms with Crippen molar-refractivity contribution in [3.63, 3.8) is 0 Å². The van der Waals surface area contributed by atoms with Crippen LogP contribution >= 0.6 is 21.7 Å². The summed E-state index contributed by atoms with van der Waals surface area (Å²) in [5.74, 6) is 0.854. The maximum Gasteiger partial charge on any atom is 0.335 e. The van der Waals surface area contributed by atoms with Crippen LogP contribution in [0.15, 0.2) is 80.7 Å². The number of nitrogens with zero attached hydrogens (tertiary/aromatic N) is 2. The third kappa shape index (κ3) is 8.00. The van der Waals surface area contributed by atoms with Crippen LogP contribution in [-0.4, -0.2) is 42.8 Å². The average Bonchev–Trinajstić information content (AvgIpc) is 2.88. The fourth-order valence-corrected chi connectivity index (χ4v) is 4.81. The second-order valence-corrected chi connectivity index (χ2v) is 11.7. The van der Waals surface area contributed by atoms with Crippen LogP contribution in [-0.2, 0) is 11.6 Å². The zero-order valence-electron chi connectivity index (χ0n) is 21.8. The van der Waals surface area contributed by atoms with E-state index in [9.17, 15) is 27.3 Å². The Morgan fingerprint density at radius 1 is 0.756 bits per heavy atom. The molecule has 0 amide bonds. The van der Waals surface area contributed by atoms with Crippen molar-refractivity contribution < 1.29 is 45.2 Å². The number of aryl methyl sites for hydroxylation is 2. The molecular weight excluding hydrogens is 598 g/mol. The van der Waals surface area contributed by atoms with Crippen LogP contribution in [0.4, 0.5) is 17.1 Å². The third-order valence-corrected chi connectivity index (χ3v) is 7.37. The van der Waals surface area contributed by atoms with Crippen LogP contribution in [0.2, 0.25) is 0 Å². The van der Waals surface area contributed by atoms with Gasteiger partial charge in [0.2, 0.25) is 0 Å². The number of nitrogen functional groups attached to an aromatic ring is 1. The number of anilines is 1.